The summed E-state index contributed by atoms with van der Waals surface area (Å²) in [6.45, 7) is 3.60. The minimum absolute atomic E-state index is 0.141. The van der Waals surface area contributed by atoms with E-state index in [9.17, 15) is 22.4 Å². The predicted molar refractivity (Wildman–Crippen MR) is 72.0 cm³/mol. The summed E-state index contributed by atoms with van der Waals surface area (Å²) < 4.78 is 53.4. The Balaban J connectivity index is 2.11. The fourth-order valence-electron chi connectivity index (χ4n) is 2.28. The Bertz CT molecular complexity index is 544. The van der Waals surface area contributed by atoms with E-state index in [4.69, 9.17) is 0 Å². The molecule has 2 heterocycles. The number of hydrogen-bond donors (Lipinski definition) is 2. The van der Waals surface area contributed by atoms with Crippen LogP contribution in [0.4, 0.5) is 23.2 Å². The molecule has 1 amide bonds. The van der Waals surface area contributed by atoms with Gasteiger partial charge >= 0.3 is 0 Å². The van der Waals surface area contributed by atoms with Crippen LogP contribution in [0.1, 0.15) is 32.4 Å². The van der Waals surface area contributed by atoms with Gasteiger partial charge in [-0.05, 0) is 5.92 Å². The first kappa shape index (κ1) is 16.7. The van der Waals surface area contributed by atoms with Gasteiger partial charge in [-0.15, -0.1) is 0 Å². The monoisotopic (exact) mass is 322 g/mol. The summed E-state index contributed by atoms with van der Waals surface area (Å²) in [5.74, 6) is -3.54. The molecule has 5 nitrogen and oxygen atoms in total. The Kier molecular flexibility index (Phi) is 4.74. The highest BCUT2D eigenvalue weighted by atomic mass is 19.3. The van der Waals surface area contributed by atoms with E-state index in [-0.39, 0.29) is 11.6 Å². The van der Waals surface area contributed by atoms with Crippen LogP contribution in [0, 0.1) is 5.92 Å². The third kappa shape index (κ3) is 3.96. The maximum atomic E-state index is 13.1. The van der Waals surface area contributed by atoms with E-state index in [0.29, 0.717) is 6.54 Å². The van der Waals surface area contributed by atoms with Gasteiger partial charge in [0.25, 0.3) is 12.3 Å². The standard InChI is InChI=1S/C13H18F4N4O/c1-7(2)4-21-5-9(10(20-21)11(14)15)19-12(22)8-3-13(16,17)6-18-8/h5,7-8,11,18H,3-4,6H2,1-2H3,(H,19,22). The number of alkyl halides is 4. The second kappa shape index (κ2) is 6.23. The van der Waals surface area contributed by atoms with Gasteiger partial charge in [-0.1, -0.05) is 13.8 Å². The second-order valence-electron chi connectivity index (χ2n) is 5.83. The van der Waals surface area contributed by atoms with Crippen LogP contribution in [0.5, 0.6) is 0 Å². The van der Waals surface area contributed by atoms with Gasteiger partial charge < -0.3 is 5.32 Å². The lowest BCUT2D eigenvalue weighted by Gasteiger charge is -2.10. The molecule has 1 aliphatic rings. The van der Waals surface area contributed by atoms with Gasteiger partial charge in [-0.25, -0.2) is 17.6 Å². The summed E-state index contributed by atoms with van der Waals surface area (Å²) in [6.07, 6.45) is -2.21. The van der Waals surface area contributed by atoms with Crippen molar-refractivity contribution < 1.29 is 22.4 Å². The van der Waals surface area contributed by atoms with Gasteiger partial charge in [0.05, 0.1) is 18.3 Å². The average Bonchev–Trinajstić information content (AvgIpc) is 2.92. The number of carbonyl (C=O) groups excluding carboxylic acids is 1. The summed E-state index contributed by atoms with van der Waals surface area (Å²) in [4.78, 5) is 11.9. The van der Waals surface area contributed by atoms with Crippen LogP contribution < -0.4 is 10.6 Å². The minimum atomic E-state index is -2.96. The van der Waals surface area contributed by atoms with Crippen molar-refractivity contribution in [2.45, 2.75) is 45.2 Å². The Morgan fingerprint density at radius 2 is 2.23 bits per heavy atom. The van der Waals surface area contributed by atoms with Crippen molar-refractivity contribution >= 4 is 11.6 Å². The third-order valence-corrected chi connectivity index (χ3v) is 3.23. The van der Waals surface area contributed by atoms with E-state index < -0.39 is 43.0 Å². The molecule has 0 radical (unpaired) electrons. The zero-order chi connectivity index (χ0) is 16.5. The molecule has 1 aliphatic heterocycles. The molecule has 124 valence electrons. The van der Waals surface area contributed by atoms with Crippen LogP contribution in [-0.2, 0) is 11.3 Å². The first-order chi connectivity index (χ1) is 10.2. The molecule has 9 heteroatoms. The molecule has 2 rings (SSSR count). The molecule has 0 spiro atoms. The first-order valence-electron chi connectivity index (χ1n) is 6.95. The Labute approximate surface area is 125 Å². The molecule has 0 bridgehead atoms. The third-order valence-electron chi connectivity index (χ3n) is 3.23. The Hall–Kier alpha value is -1.64. The topological polar surface area (TPSA) is 59.0 Å². The van der Waals surface area contributed by atoms with E-state index >= 15 is 0 Å². The number of hydrogen-bond acceptors (Lipinski definition) is 3. The zero-order valence-corrected chi connectivity index (χ0v) is 12.2. The average molecular weight is 322 g/mol. The maximum absolute atomic E-state index is 13.1. The van der Waals surface area contributed by atoms with E-state index in [1.165, 1.54) is 10.9 Å². The Morgan fingerprint density at radius 1 is 1.55 bits per heavy atom. The largest absolute Gasteiger partial charge is 0.322 e. The number of anilines is 1. The van der Waals surface area contributed by atoms with Crippen molar-refractivity contribution in [1.29, 1.82) is 0 Å². The fraction of sp³-hybridized carbons (Fsp3) is 0.692. The molecule has 0 aliphatic carbocycles. The van der Waals surface area contributed by atoms with Crippen LogP contribution in [0.25, 0.3) is 0 Å². The highest BCUT2D eigenvalue weighted by molar-refractivity contribution is 5.95. The molecule has 2 N–H and O–H groups in total. The summed E-state index contributed by atoms with van der Waals surface area (Å²) >= 11 is 0. The highest BCUT2D eigenvalue weighted by Crippen LogP contribution is 2.28. The van der Waals surface area contributed by atoms with Gasteiger partial charge in [0.1, 0.15) is 0 Å². The molecular formula is C13H18F4N4O. The lowest BCUT2D eigenvalue weighted by molar-refractivity contribution is -0.118. The Morgan fingerprint density at radius 3 is 2.73 bits per heavy atom. The van der Waals surface area contributed by atoms with Crippen molar-refractivity contribution in [1.82, 2.24) is 15.1 Å². The number of carbonyl (C=O) groups is 1. The van der Waals surface area contributed by atoms with Crippen molar-refractivity contribution in [2.75, 3.05) is 11.9 Å². The van der Waals surface area contributed by atoms with E-state index in [2.05, 4.69) is 15.7 Å². The molecule has 1 saturated heterocycles. The quantitative estimate of drug-likeness (QED) is 0.819. The van der Waals surface area contributed by atoms with Crippen LogP contribution in [0.3, 0.4) is 0 Å². The number of halogens is 4. The lowest BCUT2D eigenvalue weighted by atomic mass is 10.2. The maximum Gasteiger partial charge on any atom is 0.284 e. The molecule has 22 heavy (non-hydrogen) atoms. The number of nitrogens with one attached hydrogen (secondary N) is 2. The van der Waals surface area contributed by atoms with Crippen LogP contribution in [0.2, 0.25) is 0 Å². The van der Waals surface area contributed by atoms with Gasteiger partial charge in [-0.2, -0.15) is 5.10 Å². The van der Waals surface area contributed by atoms with E-state index in [1.54, 1.807) is 0 Å². The van der Waals surface area contributed by atoms with Gasteiger partial charge in [-0.3, -0.25) is 14.8 Å². The van der Waals surface area contributed by atoms with Crippen LogP contribution in [-0.4, -0.2) is 34.2 Å². The molecule has 0 aromatic carbocycles. The normalized spacial score (nSPS) is 20.8. The van der Waals surface area contributed by atoms with Crippen molar-refractivity contribution in [3.63, 3.8) is 0 Å². The molecule has 1 aromatic rings. The smallest absolute Gasteiger partial charge is 0.284 e. The molecule has 1 fully saturated rings. The van der Waals surface area contributed by atoms with E-state index in [1.807, 2.05) is 13.8 Å². The van der Waals surface area contributed by atoms with E-state index in [0.717, 1.165) is 0 Å². The van der Waals surface area contributed by atoms with Crippen molar-refractivity contribution in [2.24, 2.45) is 5.92 Å². The van der Waals surface area contributed by atoms with Gasteiger partial charge in [0.2, 0.25) is 5.91 Å². The molecule has 1 aromatic heterocycles. The lowest BCUT2D eigenvalue weighted by Crippen LogP contribution is -2.35. The number of rotatable bonds is 5. The SMILES string of the molecule is CC(C)Cn1cc(NC(=O)C2CC(F)(F)CN2)c(C(F)F)n1. The molecule has 1 atom stereocenters. The van der Waals surface area contributed by atoms with Crippen LogP contribution >= 0.6 is 0 Å². The number of aromatic nitrogens is 2. The number of amides is 1. The second-order valence-corrected chi connectivity index (χ2v) is 5.83. The van der Waals surface area contributed by atoms with Crippen molar-refractivity contribution in [3.8, 4) is 0 Å². The van der Waals surface area contributed by atoms with Crippen LogP contribution in [0.15, 0.2) is 6.20 Å². The summed E-state index contributed by atoms with van der Waals surface area (Å²) in [5.41, 5.74) is -0.698. The first-order valence-corrected chi connectivity index (χ1v) is 6.95. The van der Waals surface area contributed by atoms with Crippen molar-refractivity contribution in [3.05, 3.63) is 11.9 Å². The van der Waals surface area contributed by atoms with Gasteiger partial charge in [0, 0.05) is 19.2 Å². The predicted octanol–water partition coefficient (Wildman–Crippen LogP) is 2.41. The molecule has 1 unspecified atom stereocenters. The fourth-order valence-corrected chi connectivity index (χ4v) is 2.28. The highest BCUT2D eigenvalue weighted by Gasteiger charge is 2.42. The summed E-state index contributed by atoms with van der Waals surface area (Å²) in [5, 5.41) is 8.39. The number of nitrogens with zero attached hydrogens (tertiary/aromatic N) is 2. The molecule has 0 saturated carbocycles. The zero-order valence-electron chi connectivity index (χ0n) is 12.2. The summed E-state index contributed by atoms with van der Waals surface area (Å²) in [6, 6.07) is -1.10. The summed E-state index contributed by atoms with van der Waals surface area (Å²) in [7, 11) is 0. The van der Waals surface area contributed by atoms with Gasteiger partial charge in [0.15, 0.2) is 5.69 Å². The minimum Gasteiger partial charge on any atom is -0.322 e. The molecular weight excluding hydrogens is 304 g/mol.